The molecule has 0 aromatic rings. The Bertz CT molecular complexity index is 274. The van der Waals surface area contributed by atoms with E-state index in [1.54, 1.807) is 0 Å². The fraction of sp³-hybridized carbons (Fsp3) is 0.818. The van der Waals surface area contributed by atoms with Gasteiger partial charge in [0.25, 0.3) is 0 Å². The summed E-state index contributed by atoms with van der Waals surface area (Å²) in [5.74, 6) is -1.63. The number of amides is 1. The Balaban J connectivity index is 2.65. The van der Waals surface area contributed by atoms with E-state index < -0.39 is 24.1 Å². The molecule has 2 N–H and O–H groups in total. The number of carbonyl (C=O) groups excluding carboxylic acids is 1. The second kappa shape index (κ2) is 5.27. The summed E-state index contributed by atoms with van der Waals surface area (Å²) in [6.07, 6.45) is 4.18. The molecule has 0 aromatic carbocycles. The summed E-state index contributed by atoms with van der Waals surface area (Å²) in [6, 6.07) is -1.41. The number of aliphatic carboxylic acids is 1. The third-order valence-corrected chi connectivity index (χ3v) is 3.48. The first-order valence-corrected chi connectivity index (χ1v) is 5.65. The number of halogens is 1. The van der Waals surface area contributed by atoms with Crippen LogP contribution in [-0.4, -0.2) is 29.7 Å². The summed E-state index contributed by atoms with van der Waals surface area (Å²) in [4.78, 5) is 22.5. The number of hydrogen-bond donors (Lipinski definition) is 2. The molecule has 0 heterocycles. The molecule has 0 saturated heterocycles. The Morgan fingerprint density at radius 2 is 2.00 bits per heavy atom. The standard InChI is InChI=1S/C11H18FNO3/c1-2-11(5-3-4-6-11)10(16)13-8(7-12)9(14)15/h8H,2-7H2,1H3,(H,13,16)(H,14,15). The van der Waals surface area contributed by atoms with Gasteiger partial charge < -0.3 is 10.4 Å². The zero-order valence-corrected chi connectivity index (χ0v) is 9.46. The number of alkyl halides is 1. The van der Waals surface area contributed by atoms with Crippen LogP contribution in [0.15, 0.2) is 0 Å². The molecule has 0 aliphatic heterocycles. The largest absolute Gasteiger partial charge is 0.480 e. The van der Waals surface area contributed by atoms with E-state index >= 15 is 0 Å². The maximum absolute atomic E-state index is 12.4. The van der Waals surface area contributed by atoms with E-state index in [9.17, 15) is 14.0 Å². The minimum absolute atomic E-state index is 0.308. The Labute approximate surface area is 94.2 Å². The molecule has 0 aromatic heterocycles. The van der Waals surface area contributed by atoms with E-state index in [1.165, 1.54) is 0 Å². The van der Waals surface area contributed by atoms with Crippen LogP contribution in [0.1, 0.15) is 39.0 Å². The Morgan fingerprint density at radius 1 is 1.44 bits per heavy atom. The summed E-state index contributed by atoms with van der Waals surface area (Å²) in [6.45, 7) is 0.844. The highest BCUT2D eigenvalue weighted by atomic mass is 19.1. The van der Waals surface area contributed by atoms with Crippen molar-refractivity contribution in [2.45, 2.75) is 45.1 Å². The number of rotatable bonds is 5. The molecule has 0 spiro atoms. The van der Waals surface area contributed by atoms with E-state index in [1.807, 2.05) is 6.92 Å². The Hall–Kier alpha value is -1.13. The van der Waals surface area contributed by atoms with Gasteiger partial charge in [-0.1, -0.05) is 19.8 Å². The zero-order chi connectivity index (χ0) is 12.2. The fourth-order valence-electron chi connectivity index (χ4n) is 2.27. The highest BCUT2D eigenvalue weighted by Crippen LogP contribution is 2.41. The molecule has 1 atom stereocenters. The minimum Gasteiger partial charge on any atom is -0.480 e. The van der Waals surface area contributed by atoms with Crippen molar-refractivity contribution in [3.63, 3.8) is 0 Å². The van der Waals surface area contributed by atoms with Gasteiger partial charge in [-0.3, -0.25) is 4.79 Å². The average molecular weight is 231 g/mol. The molecule has 1 saturated carbocycles. The van der Waals surface area contributed by atoms with Crippen LogP contribution in [0, 0.1) is 5.41 Å². The molecule has 1 aliphatic rings. The quantitative estimate of drug-likeness (QED) is 0.753. The number of nitrogens with one attached hydrogen (secondary N) is 1. The second-order valence-corrected chi connectivity index (χ2v) is 4.36. The SMILES string of the molecule is CCC1(C(=O)NC(CF)C(=O)O)CCCC1. The van der Waals surface area contributed by atoms with Crippen LogP contribution in [0.5, 0.6) is 0 Å². The highest BCUT2D eigenvalue weighted by molar-refractivity contribution is 5.87. The van der Waals surface area contributed by atoms with Gasteiger partial charge in [-0.2, -0.15) is 0 Å². The van der Waals surface area contributed by atoms with E-state index in [2.05, 4.69) is 5.32 Å². The normalized spacial score (nSPS) is 20.4. The van der Waals surface area contributed by atoms with Gasteiger partial charge >= 0.3 is 5.97 Å². The fourth-order valence-corrected chi connectivity index (χ4v) is 2.27. The molecule has 1 aliphatic carbocycles. The molecule has 92 valence electrons. The Morgan fingerprint density at radius 3 is 2.38 bits per heavy atom. The summed E-state index contributed by atoms with van der Waals surface area (Å²) >= 11 is 0. The first kappa shape index (κ1) is 12.9. The van der Waals surface area contributed by atoms with Crippen LogP contribution < -0.4 is 5.32 Å². The third kappa shape index (κ3) is 2.51. The van der Waals surface area contributed by atoms with E-state index in [0.717, 1.165) is 25.7 Å². The smallest absolute Gasteiger partial charge is 0.328 e. The van der Waals surface area contributed by atoms with Crippen LogP contribution in [0.4, 0.5) is 4.39 Å². The van der Waals surface area contributed by atoms with Crippen molar-refractivity contribution in [1.29, 1.82) is 0 Å². The van der Waals surface area contributed by atoms with Gasteiger partial charge in [0.15, 0.2) is 6.04 Å². The predicted molar refractivity (Wildman–Crippen MR) is 56.7 cm³/mol. The third-order valence-electron chi connectivity index (χ3n) is 3.48. The molecule has 5 heteroatoms. The van der Waals surface area contributed by atoms with Crippen molar-refractivity contribution < 1.29 is 19.1 Å². The summed E-state index contributed by atoms with van der Waals surface area (Å²) in [7, 11) is 0. The van der Waals surface area contributed by atoms with Gasteiger partial charge in [-0.15, -0.1) is 0 Å². The molecular formula is C11H18FNO3. The summed E-state index contributed by atoms with van der Waals surface area (Å²) < 4.78 is 12.4. The molecule has 1 amide bonds. The molecule has 4 nitrogen and oxygen atoms in total. The van der Waals surface area contributed by atoms with E-state index in [-0.39, 0.29) is 5.91 Å². The molecule has 0 bridgehead atoms. The minimum atomic E-state index is -1.41. The molecule has 0 radical (unpaired) electrons. The van der Waals surface area contributed by atoms with Crippen LogP contribution in [-0.2, 0) is 9.59 Å². The van der Waals surface area contributed by atoms with Crippen molar-refractivity contribution in [2.75, 3.05) is 6.67 Å². The lowest BCUT2D eigenvalue weighted by molar-refractivity contribution is -0.144. The molecule has 1 fully saturated rings. The number of carboxylic acid groups (broad SMARTS) is 1. The molecular weight excluding hydrogens is 213 g/mol. The van der Waals surface area contributed by atoms with Gasteiger partial charge in [0.05, 0.1) is 0 Å². The number of carboxylic acids is 1. The van der Waals surface area contributed by atoms with Crippen LogP contribution in [0.25, 0.3) is 0 Å². The number of hydrogen-bond acceptors (Lipinski definition) is 2. The van der Waals surface area contributed by atoms with Gasteiger partial charge in [-0.25, -0.2) is 9.18 Å². The maximum Gasteiger partial charge on any atom is 0.328 e. The lowest BCUT2D eigenvalue weighted by Crippen LogP contribution is -2.48. The van der Waals surface area contributed by atoms with Crippen LogP contribution in [0.2, 0.25) is 0 Å². The monoisotopic (exact) mass is 231 g/mol. The van der Waals surface area contributed by atoms with Crippen molar-refractivity contribution in [2.24, 2.45) is 5.41 Å². The maximum atomic E-state index is 12.4. The number of carbonyl (C=O) groups is 2. The molecule has 1 unspecified atom stereocenters. The first-order valence-electron chi connectivity index (χ1n) is 5.65. The van der Waals surface area contributed by atoms with Crippen LogP contribution >= 0.6 is 0 Å². The lowest BCUT2D eigenvalue weighted by Gasteiger charge is -2.27. The second-order valence-electron chi connectivity index (χ2n) is 4.36. The van der Waals surface area contributed by atoms with Crippen molar-refractivity contribution in [1.82, 2.24) is 5.32 Å². The summed E-state index contributed by atoms with van der Waals surface area (Å²) in [5, 5.41) is 11.0. The molecule has 1 rings (SSSR count). The van der Waals surface area contributed by atoms with Gasteiger partial charge in [0.2, 0.25) is 5.91 Å². The highest BCUT2D eigenvalue weighted by Gasteiger charge is 2.40. The zero-order valence-electron chi connectivity index (χ0n) is 9.46. The first-order chi connectivity index (χ1) is 7.55. The van der Waals surface area contributed by atoms with Crippen molar-refractivity contribution in [3.05, 3.63) is 0 Å². The summed E-state index contributed by atoms with van der Waals surface area (Å²) in [5.41, 5.74) is -0.469. The topological polar surface area (TPSA) is 66.4 Å². The lowest BCUT2D eigenvalue weighted by atomic mass is 9.82. The van der Waals surface area contributed by atoms with E-state index in [4.69, 9.17) is 5.11 Å². The van der Waals surface area contributed by atoms with E-state index in [0.29, 0.717) is 6.42 Å². The van der Waals surface area contributed by atoms with Gasteiger partial charge in [0, 0.05) is 5.41 Å². The predicted octanol–water partition coefficient (Wildman–Crippen LogP) is 1.50. The average Bonchev–Trinajstić information content (AvgIpc) is 2.74. The van der Waals surface area contributed by atoms with Crippen LogP contribution in [0.3, 0.4) is 0 Å². The van der Waals surface area contributed by atoms with Crippen molar-refractivity contribution in [3.8, 4) is 0 Å². The molecule has 16 heavy (non-hydrogen) atoms. The van der Waals surface area contributed by atoms with Crippen molar-refractivity contribution >= 4 is 11.9 Å². The Kier molecular flexibility index (Phi) is 4.26. The van der Waals surface area contributed by atoms with Gasteiger partial charge in [0.1, 0.15) is 6.67 Å². The van der Waals surface area contributed by atoms with Gasteiger partial charge in [-0.05, 0) is 19.3 Å².